The molecule has 1 atom stereocenters. The second-order valence-corrected chi connectivity index (χ2v) is 14.5. The summed E-state index contributed by atoms with van der Waals surface area (Å²) in [6.45, 7) is 7.81. The fourth-order valence-electron chi connectivity index (χ4n) is 5.87. The van der Waals surface area contributed by atoms with Crippen molar-refractivity contribution in [1.82, 2.24) is 29.1 Å². The van der Waals surface area contributed by atoms with Gasteiger partial charge in [0.15, 0.2) is 22.6 Å². The van der Waals surface area contributed by atoms with Gasteiger partial charge in [0.25, 0.3) is 0 Å². The first-order valence-corrected chi connectivity index (χ1v) is 19.0. The zero-order valence-corrected chi connectivity index (χ0v) is 32.2. The first-order valence-electron chi connectivity index (χ1n) is 17.4. The predicted octanol–water partition coefficient (Wildman–Crippen LogP) is 3.69. The number of aryl methyl sites for hydroxylation is 4. The molecule has 0 aliphatic carbocycles. The van der Waals surface area contributed by atoms with Crippen LogP contribution in [0.5, 0.6) is 5.75 Å². The zero-order valence-electron chi connectivity index (χ0n) is 30.5. The van der Waals surface area contributed by atoms with Crippen LogP contribution in [-0.4, -0.2) is 70.2 Å². The highest BCUT2D eigenvalue weighted by Crippen LogP contribution is 2.33. The quantitative estimate of drug-likeness (QED) is 0.0535. The maximum Gasteiger partial charge on any atom is 0.317 e. The number of hydrogen-bond acceptors (Lipinski definition) is 14. The third kappa shape index (κ3) is 8.34. The van der Waals surface area contributed by atoms with Crippen LogP contribution in [0.4, 0.5) is 5.95 Å². The van der Waals surface area contributed by atoms with Gasteiger partial charge in [-0.05, 0) is 38.0 Å². The molecule has 17 nitrogen and oxygen atoms in total. The van der Waals surface area contributed by atoms with E-state index in [0.29, 0.717) is 67.7 Å². The van der Waals surface area contributed by atoms with E-state index in [0.717, 1.165) is 22.0 Å². The number of nitrogens with zero attached hydrogens (tertiary/aromatic N) is 7. The highest BCUT2D eigenvalue weighted by molar-refractivity contribution is 7.16. The van der Waals surface area contributed by atoms with Crippen LogP contribution in [0.15, 0.2) is 46.0 Å². The van der Waals surface area contributed by atoms with Crippen LogP contribution in [0.2, 0.25) is 0 Å². The van der Waals surface area contributed by atoms with Gasteiger partial charge in [0.2, 0.25) is 23.5 Å². The highest BCUT2D eigenvalue weighted by atomic mass is 32.1. The van der Waals surface area contributed by atoms with E-state index in [1.807, 2.05) is 32.9 Å². The Kier molecular flexibility index (Phi) is 11.8. The summed E-state index contributed by atoms with van der Waals surface area (Å²) in [5.74, 6) is -0.936. The van der Waals surface area contributed by atoms with Crippen molar-refractivity contribution in [3.05, 3.63) is 85.4 Å². The van der Waals surface area contributed by atoms with E-state index in [2.05, 4.69) is 25.3 Å². The van der Waals surface area contributed by atoms with Crippen molar-refractivity contribution in [1.29, 1.82) is 0 Å². The Balaban J connectivity index is 1.40. The van der Waals surface area contributed by atoms with Gasteiger partial charge in [-0.1, -0.05) is 37.3 Å². The van der Waals surface area contributed by atoms with Crippen LogP contribution in [0.3, 0.4) is 0 Å². The number of carbonyl (C=O) groups is 3. The molecule has 19 heteroatoms. The molecule has 0 aliphatic heterocycles. The lowest BCUT2D eigenvalue weighted by molar-refractivity contribution is 0.0966. The van der Waals surface area contributed by atoms with E-state index in [4.69, 9.17) is 25.6 Å². The van der Waals surface area contributed by atoms with Crippen LogP contribution in [0, 0.1) is 13.8 Å². The summed E-state index contributed by atoms with van der Waals surface area (Å²) in [5.41, 5.74) is 14.2. The number of carbonyl (C=O) groups excluding carboxylic acids is 3. The van der Waals surface area contributed by atoms with Crippen LogP contribution in [-0.2, 0) is 25.9 Å². The molecule has 3 amide bonds. The maximum absolute atomic E-state index is 13.4. The lowest BCUT2D eigenvalue weighted by Crippen LogP contribution is -2.17. The molecule has 0 radical (unpaired) electrons. The zero-order chi connectivity index (χ0) is 39.4. The molecule has 0 saturated heterocycles. The van der Waals surface area contributed by atoms with Crippen molar-refractivity contribution < 1.29 is 33.8 Å². The number of thiazole rings is 2. The Morgan fingerprint density at radius 1 is 1.00 bits per heavy atom. The van der Waals surface area contributed by atoms with Crippen molar-refractivity contribution in [2.45, 2.75) is 66.3 Å². The molecule has 0 fully saturated rings. The molecule has 1 aromatic carbocycles. The lowest BCUT2D eigenvalue weighted by Gasteiger charge is -2.16. The minimum atomic E-state index is -1.15. The van der Waals surface area contributed by atoms with Gasteiger partial charge in [-0.2, -0.15) is 4.99 Å². The maximum atomic E-state index is 13.4. The average Bonchev–Trinajstić information content (AvgIpc) is 3.92. The van der Waals surface area contributed by atoms with Gasteiger partial charge in [-0.3, -0.25) is 19.0 Å². The SMILES string of the molecule is CCc1nc(C)oc1C(=O)/N=c1\sc2cc(C(N)=O)cnc2n1C/C=C/Cn1c(NC(O)c2sc(C)nc2CC)nc2cc(C(N)=O)cc(OCCCO)c21. The summed E-state index contributed by atoms with van der Waals surface area (Å²) in [6, 6.07) is 4.67. The Bertz CT molecular complexity index is 2510. The third-order valence-corrected chi connectivity index (χ3v) is 10.5. The number of anilines is 1. The van der Waals surface area contributed by atoms with Crippen molar-refractivity contribution in [2.75, 3.05) is 18.5 Å². The number of aliphatic hydroxyl groups is 2. The fraction of sp³-hybridized carbons (Fsp3) is 0.333. The first kappa shape index (κ1) is 38.9. The molecule has 1 unspecified atom stereocenters. The molecule has 5 aromatic heterocycles. The Hall–Kier alpha value is -5.76. The number of rotatable bonds is 16. The number of oxazole rings is 1. The van der Waals surface area contributed by atoms with E-state index < -0.39 is 23.9 Å². The van der Waals surface area contributed by atoms with E-state index >= 15 is 0 Å². The van der Waals surface area contributed by atoms with E-state index in [1.54, 1.807) is 28.2 Å². The smallest absolute Gasteiger partial charge is 0.317 e. The van der Waals surface area contributed by atoms with Crippen molar-refractivity contribution in [3.8, 4) is 5.75 Å². The molecular weight excluding hydrogens is 749 g/mol. The van der Waals surface area contributed by atoms with Gasteiger partial charge in [0, 0.05) is 44.8 Å². The number of imidazole rings is 1. The summed E-state index contributed by atoms with van der Waals surface area (Å²) in [5, 5.41) is 24.7. The number of fused-ring (bicyclic) bond motifs is 2. The number of allylic oxidation sites excluding steroid dienone is 2. The number of pyridine rings is 1. The second kappa shape index (κ2) is 16.7. The highest BCUT2D eigenvalue weighted by Gasteiger charge is 2.23. The van der Waals surface area contributed by atoms with Crippen LogP contribution < -0.4 is 26.3 Å². The second-order valence-electron chi connectivity index (χ2n) is 12.3. The molecular formula is C36H40N10O7S2. The van der Waals surface area contributed by atoms with E-state index in [-0.39, 0.29) is 49.1 Å². The number of aromatic nitrogens is 6. The molecule has 7 N–H and O–H groups in total. The number of primary amides is 2. The molecule has 5 heterocycles. The molecule has 55 heavy (non-hydrogen) atoms. The first-order chi connectivity index (χ1) is 26.4. The predicted molar refractivity (Wildman–Crippen MR) is 206 cm³/mol. The normalized spacial score (nSPS) is 12.7. The molecule has 288 valence electrons. The number of hydrogen-bond donors (Lipinski definition) is 5. The lowest BCUT2D eigenvalue weighted by atomic mass is 10.1. The summed E-state index contributed by atoms with van der Waals surface area (Å²) in [7, 11) is 0. The van der Waals surface area contributed by atoms with E-state index in [1.165, 1.54) is 23.6 Å². The summed E-state index contributed by atoms with van der Waals surface area (Å²) < 4.78 is 15.7. The van der Waals surface area contributed by atoms with Gasteiger partial charge >= 0.3 is 5.91 Å². The monoisotopic (exact) mass is 788 g/mol. The molecule has 6 rings (SSSR count). The van der Waals surface area contributed by atoms with Gasteiger partial charge in [-0.15, -0.1) is 11.3 Å². The number of benzene rings is 1. The standard InChI is InChI=1S/C36H40N10O7S2/c1-5-22-28(53-18(3)40-22)33(50)44-36-46(32-26(55-36)16-21(17-39-32)31(38)49)11-8-7-10-45-27-24(14-20(30(37)48)15-25(27)52-13-9-12-47)42-35(45)43-34(51)29-23(6-2)41-19(4)54-29/h7-8,14-17,34,47,51H,5-6,9-13H2,1-4H3,(H2,37,48)(H2,38,49)(H,42,43)/b8-7+,44-36-. The third-order valence-electron chi connectivity index (χ3n) is 8.41. The molecule has 0 saturated carbocycles. The van der Waals surface area contributed by atoms with Crippen molar-refractivity contribution in [2.24, 2.45) is 16.5 Å². The van der Waals surface area contributed by atoms with Crippen LogP contribution >= 0.6 is 22.7 Å². The van der Waals surface area contributed by atoms with Gasteiger partial charge in [0.05, 0.1) is 43.7 Å². The largest absolute Gasteiger partial charge is 0.491 e. The average molecular weight is 789 g/mol. The van der Waals surface area contributed by atoms with Crippen molar-refractivity contribution in [3.63, 3.8) is 0 Å². The topological polar surface area (TPSA) is 252 Å². The minimum absolute atomic E-state index is 0.0515. The Morgan fingerprint density at radius 2 is 1.73 bits per heavy atom. The van der Waals surface area contributed by atoms with Crippen LogP contribution in [0.25, 0.3) is 21.4 Å². The van der Waals surface area contributed by atoms with E-state index in [9.17, 15) is 24.6 Å². The van der Waals surface area contributed by atoms with Gasteiger partial charge in [-0.25, -0.2) is 19.9 Å². The minimum Gasteiger partial charge on any atom is -0.491 e. The number of aliphatic hydroxyl groups excluding tert-OH is 2. The molecule has 0 bridgehead atoms. The van der Waals surface area contributed by atoms with Gasteiger partial charge < -0.3 is 40.7 Å². The number of ether oxygens (including phenoxy) is 1. The fourth-order valence-corrected chi connectivity index (χ4v) is 7.86. The number of amides is 3. The van der Waals surface area contributed by atoms with Crippen LogP contribution in [0.1, 0.15) is 84.9 Å². The molecule has 0 aliphatic rings. The number of nitrogens with two attached hydrogens (primary N) is 2. The van der Waals surface area contributed by atoms with Crippen molar-refractivity contribution >= 4 is 67.7 Å². The number of nitrogens with one attached hydrogen (secondary N) is 1. The summed E-state index contributed by atoms with van der Waals surface area (Å²) in [6.07, 6.45) is 5.35. The Labute approximate surface area is 322 Å². The summed E-state index contributed by atoms with van der Waals surface area (Å²) >= 11 is 2.54. The Morgan fingerprint density at radius 3 is 2.42 bits per heavy atom. The summed E-state index contributed by atoms with van der Waals surface area (Å²) in [4.78, 5) is 61.0. The van der Waals surface area contributed by atoms with Gasteiger partial charge in [0.1, 0.15) is 11.3 Å². The molecule has 0 spiro atoms. The molecule has 6 aromatic rings.